The minimum atomic E-state index is -1.52. The van der Waals surface area contributed by atoms with Gasteiger partial charge in [-0.1, -0.05) is 6.08 Å². The number of hydrogen-bond donors (Lipinski definition) is 1. The Morgan fingerprint density at radius 1 is 1.50 bits per heavy atom. The molecule has 0 aromatic carbocycles. The predicted molar refractivity (Wildman–Crippen MR) is 81.2 cm³/mol. The molecule has 1 N–H and O–H groups in total. The van der Waals surface area contributed by atoms with Crippen LogP contribution >= 0.6 is 0 Å². The van der Waals surface area contributed by atoms with Crippen molar-refractivity contribution in [2.24, 2.45) is 0 Å². The first-order chi connectivity index (χ1) is 11.5. The third-order valence-corrected chi connectivity index (χ3v) is 3.78. The van der Waals surface area contributed by atoms with Gasteiger partial charge < -0.3 is 24.2 Å². The summed E-state index contributed by atoms with van der Waals surface area (Å²) in [4.78, 5) is 35.3. The van der Waals surface area contributed by atoms with Crippen molar-refractivity contribution in [2.45, 2.75) is 44.1 Å². The number of aliphatic hydroxyl groups is 1. The first kappa shape index (κ1) is 18.2. The van der Waals surface area contributed by atoms with Gasteiger partial charge >= 0.3 is 11.9 Å². The van der Waals surface area contributed by atoms with E-state index in [4.69, 9.17) is 9.47 Å². The molecule has 2 aliphatic rings. The van der Waals surface area contributed by atoms with Crippen molar-refractivity contribution in [3.8, 4) is 0 Å². The maximum absolute atomic E-state index is 11.6. The van der Waals surface area contributed by atoms with E-state index in [-0.39, 0.29) is 18.9 Å². The van der Waals surface area contributed by atoms with Crippen LogP contribution in [-0.4, -0.2) is 60.4 Å². The molecule has 0 radical (unpaired) electrons. The highest BCUT2D eigenvalue weighted by atomic mass is 16.6. The van der Waals surface area contributed by atoms with Crippen LogP contribution in [0.1, 0.15) is 25.7 Å². The molecule has 0 aromatic rings. The van der Waals surface area contributed by atoms with E-state index in [9.17, 15) is 19.5 Å². The Morgan fingerprint density at radius 3 is 3.00 bits per heavy atom. The van der Waals surface area contributed by atoms with E-state index in [0.29, 0.717) is 18.4 Å². The molecule has 132 valence electrons. The van der Waals surface area contributed by atoms with Gasteiger partial charge in [0.2, 0.25) is 0 Å². The molecule has 2 rings (SSSR count). The van der Waals surface area contributed by atoms with Gasteiger partial charge in [0.15, 0.2) is 6.10 Å². The Kier molecular flexibility index (Phi) is 6.51. The molecular formula is C16H21NO7. The second-order valence-corrected chi connectivity index (χ2v) is 5.57. The normalized spacial score (nSPS) is 24.2. The quantitative estimate of drug-likeness (QED) is 0.520. The molecule has 3 atom stereocenters. The maximum Gasteiger partial charge on any atom is 0.335 e. The smallest absolute Gasteiger partial charge is 0.335 e. The number of methoxy groups -OCH3 is 1. The number of nitrogens with zero attached hydrogens (tertiary/aromatic N) is 1. The minimum Gasteiger partial charge on any atom is -0.467 e. The van der Waals surface area contributed by atoms with Gasteiger partial charge in [-0.3, -0.25) is 9.59 Å². The molecule has 3 unspecified atom stereocenters. The van der Waals surface area contributed by atoms with Crippen molar-refractivity contribution in [1.82, 2.24) is 4.90 Å². The Bertz CT molecular complexity index is 543. The van der Waals surface area contributed by atoms with Crippen LogP contribution < -0.4 is 0 Å². The summed E-state index contributed by atoms with van der Waals surface area (Å²) in [5.74, 6) is -1.57. The Hall–Kier alpha value is -2.19. The molecule has 2 aliphatic heterocycles. The summed E-state index contributed by atoms with van der Waals surface area (Å²) < 4.78 is 15.2. The molecule has 24 heavy (non-hydrogen) atoms. The van der Waals surface area contributed by atoms with Crippen LogP contribution in [0.25, 0.3) is 0 Å². The van der Waals surface area contributed by atoms with Crippen molar-refractivity contribution in [3.05, 3.63) is 24.0 Å². The van der Waals surface area contributed by atoms with Gasteiger partial charge in [-0.15, -0.1) is 0 Å². The lowest BCUT2D eigenvalue weighted by Gasteiger charge is -2.26. The van der Waals surface area contributed by atoms with Crippen LogP contribution in [0.5, 0.6) is 0 Å². The van der Waals surface area contributed by atoms with Gasteiger partial charge in [-0.2, -0.15) is 0 Å². The largest absolute Gasteiger partial charge is 0.467 e. The van der Waals surface area contributed by atoms with Crippen LogP contribution in [0, 0.1) is 0 Å². The fourth-order valence-corrected chi connectivity index (χ4v) is 2.51. The molecule has 0 aromatic heterocycles. The third-order valence-electron chi connectivity index (χ3n) is 3.78. The number of allylic oxidation sites excluding steroid dienone is 2. The fourth-order valence-electron chi connectivity index (χ4n) is 2.51. The molecule has 0 amide bonds. The molecule has 1 saturated heterocycles. The third kappa shape index (κ3) is 4.90. The predicted octanol–water partition coefficient (Wildman–Crippen LogP) is 0.261. The molecular weight excluding hydrogens is 318 g/mol. The van der Waals surface area contributed by atoms with Crippen molar-refractivity contribution in [2.75, 3.05) is 13.7 Å². The standard InChI is InChI=1S/C16H21NO7/c1-22-16(21)13(19)7-15(20)23-10-12-4-5-14(24-12)17-6-2-3-11(8-17)9-18/h2,6,8-9,12-14,19H,3-5,7,10H2,1H3. The SMILES string of the molecule is COC(=O)C(O)CC(=O)OCC1CCC(N2C=CCC(C=O)=C2)O1. The highest BCUT2D eigenvalue weighted by Crippen LogP contribution is 2.26. The van der Waals surface area contributed by atoms with E-state index >= 15 is 0 Å². The summed E-state index contributed by atoms with van der Waals surface area (Å²) in [6.45, 7) is 0.0467. The van der Waals surface area contributed by atoms with Gasteiger partial charge in [0.25, 0.3) is 0 Å². The monoisotopic (exact) mass is 339 g/mol. The number of ether oxygens (including phenoxy) is 3. The number of carbonyl (C=O) groups is 3. The van der Waals surface area contributed by atoms with Crippen molar-refractivity contribution in [3.63, 3.8) is 0 Å². The summed E-state index contributed by atoms with van der Waals surface area (Å²) in [5, 5.41) is 9.38. The van der Waals surface area contributed by atoms with Crippen LogP contribution in [0.4, 0.5) is 0 Å². The summed E-state index contributed by atoms with van der Waals surface area (Å²) >= 11 is 0. The summed E-state index contributed by atoms with van der Waals surface area (Å²) in [6.07, 6.45) is 5.90. The molecule has 2 heterocycles. The van der Waals surface area contributed by atoms with Crippen molar-refractivity contribution >= 4 is 18.2 Å². The van der Waals surface area contributed by atoms with E-state index in [1.165, 1.54) is 0 Å². The van der Waals surface area contributed by atoms with Crippen LogP contribution in [-0.2, 0) is 28.6 Å². The Labute approximate surface area is 139 Å². The summed E-state index contributed by atoms with van der Waals surface area (Å²) in [6, 6.07) is 0. The average Bonchev–Trinajstić information content (AvgIpc) is 3.08. The number of esters is 2. The van der Waals surface area contributed by atoms with E-state index < -0.39 is 24.5 Å². The molecule has 8 nitrogen and oxygen atoms in total. The van der Waals surface area contributed by atoms with Gasteiger partial charge in [-0.05, 0) is 19.3 Å². The molecule has 8 heteroatoms. The lowest BCUT2D eigenvalue weighted by atomic mass is 10.1. The van der Waals surface area contributed by atoms with Crippen LogP contribution in [0.3, 0.4) is 0 Å². The van der Waals surface area contributed by atoms with Gasteiger partial charge in [0.05, 0.1) is 19.6 Å². The van der Waals surface area contributed by atoms with E-state index in [1.54, 1.807) is 6.20 Å². The molecule has 0 saturated carbocycles. The zero-order chi connectivity index (χ0) is 17.5. The topological polar surface area (TPSA) is 102 Å². The van der Waals surface area contributed by atoms with E-state index in [1.807, 2.05) is 17.2 Å². The van der Waals surface area contributed by atoms with Gasteiger partial charge in [0.1, 0.15) is 19.1 Å². The molecule has 1 fully saturated rings. The molecule has 0 bridgehead atoms. The highest BCUT2D eigenvalue weighted by molar-refractivity contribution is 5.81. The van der Waals surface area contributed by atoms with Gasteiger partial charge in [-0.25, -0.2) is 4.79 Å². The first-order valence-corrected chi connectivity index (χ1v) is 7.70. The minimum absolute atomic E-state index is 0.0467. The maximum atomic E-state index is 11.6. The summed E-state index contributed by atoms with van der Waals surface area (Å²) in [5.41, 5.74) is 0.674. The summed E-state index contributed by atoms with van der Waals surface area (Å²) in [7, 11) is 1.13. The highest BCUT2D eigenvalue weighted by Gasteiger charge is 2.30. The average molecular weight is 339 g/mol. The van der Waals surface area contributed by atoms with Crippen LogP contribution in [0.2, 0.25) is 0 Å². The van der Waals surface area contributed by atoms with E-state index in [2.05, 4.69) is 4.74 Å². The second kappa shape index (κ2) is 8.60. The number of hydrogen-bond acceptors (Lipinski definition) is 8. The Balaban J connectivity index is 1.74. The molecule has 0 spiro atoms. The first-order valence-electron chi connectivity index (χ1n) is 7.70. The van der Waals surface area contributed by atoms with Crippen molar-refractivity contribution in [1.29, 1.82) is 0 Å². The molecule has 0 aliphatic carbocycles. The van der Waals surface area contributed by atoms with E-state index in [0.717, 1.165) is 19.8 Å². The van der Waals surface area contributed by atoms with Gasteiger partial charge in [0, 0.05) is 18.0 Å². The fraction of sp³-hybridized carbons (Fsp3) is 0.562. The zero-order valence-corrected chi connectivity index (χ0v) is 13.4. The second-order valence-electron chi connectivity index (χ2n) is 5.57. The zero-order valence-electron chi connectivity index (χ0n) is 13.4. The number of aldehydes is 1. The lowest BCUT2D eigenvalue weighted by molar-refractivity contribution is -0.160. The Morgan fingerprint density at radius 2 is 2.29 bits per heavy atom. The number of rotatable bonds is 7. The lowest BCUT2D eigenvalue weighted by Crippen LogP contribution is -2.30. The number of carbonyl (C=O) groups excluding carboxylic acids is 3. The van der Waals surface area contributed by atoms with Crippen LogP contribution in [0.15, 0.2) is 24.0 Å². The number of aliphatic hydroxyl groups excluding tert-OH is 1. The van der Waals surface area contributed by atoms with Crippen molar-refractivity contribution < 1.29 is 33.7 Å².